The highest BCUT2D eigenvalue weighted by atomic mass is 16.5. The van der Waals surface area contributed by atoms with Crippen molar-refractivity contribution in [1.29, 1.82) is 0 Å². The van der Waals surface area contributed by atoms with E-state index in [2.05, 4.69) is 10.2 Å². The Hall–Kier alpha value is -2.50. The minimum Gasteiger partial charge on any atom is -0.461 e. The summed E-state index contributed by atoms with van der Waals surface area (Å²) < 4.78 is 5.65. The topological polar surface area (TPSA) is 75.1 Å². The normalized spacial score (nSPS) is 10.2. The summed E-state index contributed by atoms with van der Waals surface area (Å²) in [5.74, 6) is -0.433. The van der Waals surface area contributed by atoms with Gasteiger partial charge in [-0.3, -0.25) is 5.10 Å². The number of nitrogens with one attached hydrogen (secondary N) is 1. The molecule has 0 saturated carbocycles. The number of rotatable bonds is 4. The lowest BCUT2D eigenvalue weighted by atomic mass is 10.1. The fraction of sp³-hybridized carbons (Fsp3) is 0.231. The highest BCUT2D eigenvalue weighted by Gasteiger charge is 2.12. The molecule has 1 N–H and O–H groups in total. The van der Waals surface area contributed by atoms with Crippen molar-refractivity contribution in [3.05, 3.63) is 40.9 Å². The number of carbonyl (C=O) groups excluding carboxylic acids is 1. The van der Waals surface area contributed by atoms with Gasteiger partial charge in [0.25, 0.3) is 5.69 Å². The van der Waals surface area contributed by atoms with Crippen molar-refractivity contribution in [2.75, 3.05) is 13.7 Å². The van der Waals surface area contributed by atoms with E-state index in [4.69, 9.17) is 4.74 Å². The molecule has 0 atom stereocenters. The van der Waals surface area contributed by atoms with Gasteiger partial charge in [-0.05, 0) is 25.1 Å². The summed E-state index contributed by atoms with van der Waals surface area (Å²) in [7, 11) is 1.43. The van der Waals surface area contributed by atoms with E-state index in [1.807, 2.05) is 0 Å². The number of nitroso groups, excluding NO2 is 1. The third-order valence-electron chi connectivity index (χ3n) is 2.60. The molecule has 6 nitrogen and oxygen atoms in total. The van der Waals surface area contributed by atoms with Gasteiger partial charge in [0, 0.05) is 27.4 Å². The Morgan fingerprint density at radius 1 is 1.37 bits per heavy atom. The molecule has 0 unspecified atom stereocenters. The lowest BCUT2D eigenvalue weighted by Crippen LogP contribution is -2.04. The Balaban J connectivity index is 2.23. The molecular weight excluding hydrogens is 246 g/mol. The molecule has 1 aromatic heterocycles. The number of hydrogen-bond acceptors (Lipinski definition) is 4. The summed E-state index contributed by atoms with van der Waals surface area (Å²) in [6.07, 6.45) is 0. The Labute approximate surface area is 110 Å². The van der Waals surface area contributed by atoms with E-state index in [1.165, 1.54) is 7.05 Å². The molecule has 0 amide bonds. The minimum atomic E-state index is -0.433. The smallest absolute Gasteiger partial charge is 0.356 e. The highest BCUT2D eigenvalue weighted by molar-refractivity contribution is 5.88. The number of aromatic nitrogens is 2. The molecule has 0 radical (unpaired) electrons. The molecule has 98 valence electrons. The zero-order valence-electron chi connectivity index (χ0n) is 10.7. The van der Waals surface area contributed by atoms with Crippen LogP contribution in [0.5, 0.6) is 0 Å². The lowest BCUT2D eigenvalue weighted by Gasteiger charge is -1.96. The summed E-state index contributed by atoms with van der Waals surface area (Å²) in [6.45, 7) is 2.06. The van der Waals surface area contributed by atoms with Crippen molar-refractivity contribution in [2.45, 2.75) is 6.92 Å². The molecule has 0 fully saturated rings. The summed E-state index contributed by atoms with van der Waals surface area (Å²) in [5, 5.41) is 6.68. The van der Waals surface area contributed by atoms with Crippen LogP contribution in [0, 0.1) is 4.91 Å². The second-order valence-corrected chi connectivity index (χ2v) is 3.93. The van der Waals surface area contributed by atoms with Crippen LogP contribution in [0.1, 0.15) is 17.4 Å². The van der Waals surface area contributed by atoms with Gasteiger partial charge in [-0.15, -0.1) is 0 Å². The molecule has 19 heavy (non-hydrogen) atoms. The summed E-state index contributed by atoms with van der Waals surface area (Å²) in [6, 6.07) is 8.56. The first-order chi connectivity index (χ1) is 9.11. The average Bonchev–Trinajstić information content (AvgIpc) is 2.89. The minimum absolute atomic E-state index is 0.307. The summed E-state index contributed by atoms with van der Waals surface area (Å²) in [4.78, 5) is 22.6. The first-order valence-electron chi connectivity index (χ1n) is 5.85. The quantitative estimate of drug-likeness (QED) is 0.676. The monoisotopic (exact) mass is 260 g/mol. The Morgan fingerprint density at radius 2 is 2.05 bits per heavy atom. The number of H-pyrrole nitrogens is 1. The molecule has 6 heteroatoms. The van der Waals surface area contributed by atoms with Gasteiger partial charge in [-0.25, -0.2) is 4.79 Å². The van der Waals surface area contributed by atoms with E-state index in [-0.39, 0.29) is 0 Å². The maximum atomic E-state index is 11.5. The van der Waals surface area contributed by atoms with Crippen molar-refractivity contribution in [1.82, 2.24) is 10.2 Å². The van der Waals surface area contributed by atoms with Crippen molar-refractivity contribution in [3.63, 3.8) is 0 Å². The van der Waals surface area contributed by atoms with E-state index in [9.17, 15) is 9.70 Å². The van der Waals surface area contributed by atoms with Crippen LogP contribution in [0.4, 0.5) is 5.69 Å². The molecule has 2 aromatic rings. The van der Waals surface area contributed by atoms with Crippen molar-refractivity contribution in [3.8, 4) is 11.3 Å². The highest BCUT2D eigenvalue weighted by Crippen LogP contribution is 2.21. The fourth-order valence-electron chi connectivity index (χ4n) is 1.63. The number of ether oxygens (including phenoxy) is 1. The molecule has 0 spiro atoms. The van der Waals surface area contributed by atoms with Gasteiger partial charge < -0.3 is 4.74 Å². The fourth-order valence-corrected chi connectivity index (χ4v) is 1.63. The maximum absolute atomic E-state index is 11.5. The van der Waals surface area contributed by atoms with Crippen LogP contribution in [0.25, 0.3) is 11.3 Å². The molecule has 1 heterocycles. The maximum Gasteiger partial charge on any atom is 0.356 e. The number of esters is 1. The summed E-state index contributed by atoms with van der Waals surface area (Å²) >= 11 is 0. The van der Waals surface area contributed by atoms with Crippen molar-refractivity contribution >= 4 is 11.7 Å². The van der Waals surface area contributed by atoms with Gasteiger partial charge >= 0.3 is 5.97 Å². The predicted octanol–water partition coefficient (Wildman–Crippen LogP) is 2.29. The van der Waals surface area contributed by atoms with Crippen LogP contribution in [0.15, 0.2) is 30.3 Å². The summed E-state index contributed by atoms with van der Waals surface area (Å²) in [5.41, 5.74) is 2.31. The van der Waals surface area contributed by atoms with E-state index in [0.29, 0.717) is 23.7 Å². The molecule has 0 aliphatic carbocycles. The van der Waals surface area contributed by atoms with Gasteiger partial charge in [0.2, 0.25) is 0 Å². The first kappa shape index (κ1) is 12.9. The molecule has 0 aliphatic rings. The molecule has 2 rings (SSSR count). The molecule has 0 aliphatic heterocycles. The van der Waals surface area contributed by atoms with Crippen LogP contribution >= 0.6 is 0 Å². The van der Waals surface area contributed by atoms with Gasteiger partial charge in [-0.1, -0.05) is 0 Å². The molecular formula is C13H14N3O3+. The Bertz CT molecular complexity index is 602. The second kappa shape index (κ2) is 5.43. The standard InChI is InChI=1S/C13H13N3O3/c1-3-19-13(17)12-8-11(14-15-12)9-4-6-10(7-5-9)16(2)18/h4-8H,3H2,1-2H3/p+1. The van der Waals surface area contributed by atoms with E-state index >= 15 is 0 Å². The van der Waals surface area contributed by atoms with Crippen LogP contribution in [-0.2, 0) is 4.74 Å². The first-order valence-corrected chi connectivity index (χ1v) is 5.85. The number of aromatic amines is 1. The van der Waals surface area contributed by atoms with Gasteiger partial charge in [0.1, 0.15) is 5.69 Å². The Morgan fingerprint density at radius 3 is 2.63 bits per heavy atom. The number of hydrogen-bond donors (Lipinski definition) is 1. The number of benzene rings is 1. The van der Waals surface area contributed by atoms with E-state index in [0.717, 1.165) is 10.3 Å². The van der Waals surface area contributed by atoms with Crippen LogP contribution in [0.3, 0.4) is 0 Å². The predicted molar refractivity (Wildman–Crippen MR) is 69.2 cm³/mol. The van der Waals surface area contributed by atoms with E-state index < -0.39 is 5.97 Å². The number of carbonyl (C=O) groups is 1. The lowest BCUT2D eigenvalue weighted by molar-refractivity contribution is -0.428. The van der Waals surface area contributed by atoms with Crippen molar-refractivity contribution < 1.29 is 14.3 Å². The third-order valence-corrected chi connectivity index (χ3v) is 2.60. The Kier molecular flexibility index (Phi) is 3.70. The van der Waals surface area contributed by atoms with Crippen molar-refractivity contribution in [2.24, 2.45) is 0 Å². The zero-order valence-corrected chi connectivity index (χ0v) is 10.7. The van der Waals surface area contributed by atoms with E-state index in [1.54, 1.807) is 37.3 Å². The average molecular weight is 260 g/mol. The largest absolute Gasteiger partial charge is 0.461 e. The van der Waals surface area contributed by atoms with Crippen LogP contribution in [0.2, 0.25) is 0 Å². The molecule has 1 aromatic carbocycles. The van der Waals surface area contributed by atoms with Gasteiger partial charge in [-0.2, -0.15) is 5.10 Å². The molecule has 0 saturated heterocycles. The SMILES string of the molecule is CCOC(=O)c1cc(-c2ccc([N+](C)=O)cc2)n[nH]1. The zero-order chi connectivity index (χ0) is 13.8. The van der Waals surface area contributed by atoms with Crippen LogP contribution in [-0.4, -0.2) is 34.6 Å². The van der Waals surface area contributed by atoms with Gasteiger partial charge in [0.05, 0.1) is 12.3 Å². The van der Waals surface area contributed by atoms with Gasteiger partial charge in [0.15, 0.2) is 7.05 Å². The molecule has 0 bridgehead atoms. The second-order valence-electron chi connectivity index (χ2n) is 3.93. The number of nitrogens with zero attached hydrogens (tertiary/aromatic N) is 2. The third kappa shape index (κ3) is 2.85. The van der Waals surface area contributed by atoms with Crippen LogP contribution < -0.4 is 0 Å².